The second kappa shape index (κ2) is 15.3. The van der Waals surface area contributed by atoms with Crippen LogP contribution < -0.4 is 0 Å². The van der Waals surface area contributed by atoms with Crippen LogP contribution >= 0.6 is 0 Å². The molecule has 0 bridgehead atoms. The molecule has 1 atom stereocenters. The van der Waals surface area contributed by atoms with Crippen molar-refractivity contribution in [3.8, 4) is 11.8 Å². The lowest BCUT2D eigenvalue weighted by atomic mass is 9.86. The number of carbonyl (C=O) groups excluding carboxylic acids is 2. The Balaban J connectivity index is 1.37. The molecule has 0 radical (unpaired) electrons. The Bertz CT molecular complexity index is 1150. The molecule has 1 aliphatic heterocycles. The Morgan fingerprint density at radius 1 is 0.974 bits per heavy atom. The van der Waals surface area contributed by atoms with E-state index in [9.17, 15) is 9.59 Å². The van der Waals surface area contributed by atoms with E-state index in [4.69, 9.17) is 9.47 Å². The normalized spacial score (nSPS) is 16.1. The molecule has 2 aromatic rings. The van der Waals surface area contributed by atoms with Crippen molar-refractivity contribution in [1.82, 2.24) is 0 Å². The average Bonchev–Trinajstić information content (AvgIpc) is 3.25. The van der Waals surface area contributed by atoms with Crippen molar-refractivity contribution in [3.05, 3.63) is 82.4 Å². The van der Waals surface area contributed by atoms with E-state index in [2.05, 4.69) is 76.8 Å². The lowest BCUT2D eigenvalue weighted by molar-refractivity contribution is -0.152. The summed E-state index contributed by atoms with van der Waals surface area (Å²) in [6.45, 7) is 11.2. The van der Waals surface area contributed by atoms with Gasteiger partial charge in [0.2, 0.25) is 0 Å². The number of allylic oxidation sites excluding steroid dienone is 1. The van der Waals surface area contributed by atoms with Gasteiger partial charge < -0.3 is 9.47 Å². The van der Waals surface area contributed by atoms with Gasteiger partial charge in [0.15, 0.2) is 0 Å². The zero-order valence-corrected chi connectivity index (χ0v) is 24.3. The molecule has 4 heteroatoms. The van der Waals surface area contributed by atoms with Crippen molar-refractivity contribution in [1.29, 1.82) is 0 Å². The minimum Gasteiger partial charge on any atom is -0.462 e. The summed E-state index contributed by atoms with van der Waals surface area (Å²) in [5.74, 6) is 7.71. The number of carbonyl (C=O) groups is 2. The van der Waals surface area contributed by atoms with Gasteiger partial charge in [-0.3, -0.25) is 4.79 Å². The zero-order valence-electron chi connectivity index (χ0n) is 24.3. The fourth-order valence-electron chi connectivity index (χ4n) is 5.02. The number of hydrogen-bond acceptors (Lipinski definition) is 4. The maximum absolute atomic E-state index is 12.3. The van der Waals surface area contributed by atoms with Gasteiger partial charge in [-0.1, -0.05) is 75.4 Å². The minimum atomic E-state index is -0.380. The first kappa shape index (κ1) is 30.2. The van der Waals surface area contributed by atoms with Crippen LogP contribution in [0.3, 0.4) is 0 Å². The topological polar surface area (TPSA) is 52.6 Å². The molecule has 39 heavy (non-hydrogen) atoms. The number of aryl methyl sites for hydroxylation is 2. The molecule has 0 aromatic heterocycles. The van der Waals surface area contributed by atoms with Gasteiger partial charge in [-0.15, -0.1) is 0 Å². The van der Waals surface area contributed by atoms with Gasteiger partial charge in [0.05, 0.1) is 0 Å². The van der Waals surface area contributed by atoms with Gasteiger partial charge >= 0.3 is 11.9 Å². The van der Waals surface area contributed by atoms with Crippen LogP contribution in [-0.4, -0.2) is 24.6 Å². The lowest BCUT2D eigenvalue weighted by Crippen LogP contribution is -2.18. The van der Waals surface area contributed by atoms with Crippen LogP contribution in [0.1, 0.15) is 88.5 Å². The van der Waals surface area contributed by atoms with E-state index in [0.717, 1.165) is 47.9 Å². The highest BCUT2D eigenvalue weighted by molar-refractivity contribution is 5.90. The van der Waals surface area contributed by atoms with Gasteiger partial charge in [-0.05, 0) is 86.6 Å². The maximum atomic E-state index is 12.3. The second-order valence-corrected chi connectivity index (χ2v) is 11.7. The SMILES string of the molecule is Cc1ccc(C#Cc2ccc(CCCC(=O)OCC3C/C(=C\CC(CC(C)C)CC(C)C)C(=O)O3)cc2)cc1. The quantitative estimate of drug-likeness (QED) is 0.162. The first-order valence-electron chi connectivity index (χ1n) is 14.4. The average molecular weight is 529 g/mol. The molecule has 1 unspecified atom stereocenters. The van der Waals surface area contributed by atoms with Crippen LogP contribution in [0, 0.1) is 36.5 Å². The Morgan fingerprint density at radius 2 is 1.56 bits per heavy atom. The fourth-order valence-corrected chi connectivity index (χ4v) is 5.02. The number of hydrogen-bond donors (Lipinski definition) is 0. The first-order valence-corrected chi connectivity index (χ1v) is 14.4. The monoisotopic (exact) mass is 528 g/mol. The van der Waals surface area contributed by atoms with E-state index in [-0.39, 0.29) is 24.6 Å². The Kier molecular flexibility index (Phi) is 11.9. The molecule has 0 saturated carbocycles. The first-order chi connectivity index (χ1) is 18.7. The van der Waals surface area contributed by atoms with Gasteiger partial charge in [-0.25, -0.2) is 4.79 Å². The van der Waals surface area contributed by atoms with Crippen LogP contribution in [-0.2, 0) is 25.5 Å². The number of ether oxygens (including phenoxy) is 2. The van der Waals surface area contributed by atoms with Crippen LogP contribution in [0.4, 0.5) is 0 Å². The van der Waals surface area contributed by atoms with Crippen molar-refractivity contribution < 1.29 is 19.1 Å². The third-order valence-corrected chi connectivity index (χ3v) is 6.92. The lowest BCUT2D eigenvalue weighted by Gasteiger charge is -2.19. The number of esters is 2. The third-order valence-electron chi connectivity index (χ3n) is 6.92. The summed E-state index contributed by atoms with van der Waals surface area (Å²) in [7, 11) is 0. The largest absolute Gasteiger partial charge is 0.462 e. The van der Waals surface area contributed by atoms with Crippen molar-refractivity contribution in [2.75, 3.05) is 6.61 Å². The summed E-state index contributed by atoms with van der Waals surface area (Å²) in [4.78, 5) is 24.6. The van der Waals surface area contributed by atoms with E-state index < -0.39 is 0 Å². The molecule has 4 nitrogen and oxygen atoms in total. The molecule has 208 valence electrons. The fraction of sp³-hybridized carbons (Fsp3) is 0.486. The van der Waals surface area contributed by atoms with E-state index in [1.165, 1.54) is 5.56 Å². The van der Waals surface area contributed by atoms with Gasteiger partial charge in [0.1, 0.15) is 12.7 Å². The predicted molar refractivity (Wildman–Crippen MR) is 157 cm³/mol. The van der Waals surface area contributed by atoms with E-state index in [0.29, 0.717) is 37.0 Å². The van der Waals surface area contributed by atoms with Crippen molar-refractivity contribution in [3.63, 3.8) is 0 Å². The number of benzene rings is 2. The second-order valence-electron chi connectivity index (χ2n) is 11.7. The molecule has 0 N–H and O–H groups in total. The summed E-state index contributed by atoms with van der Waals surface area (Å²) in [5, 5.41) is 0. The Hall–Kier alpha value is -3.32. The Morgan fingerprint density at radius 3 is 2.15 bits per heavy atom. The van der Waals surface area contributed by atoms with Crippen molar-refractivity contribution in [2.24, 2.45) is 17.8 Å². The highest BCUT2D eigenvalue weighted by atomic mass is 16.6. The number of cyclic esters (lactones) is 1. The van der Waals surface area contributed by atoms with Gasteiger partial charge in [-0.2, -0.15) is 0 Å². The molecule has 1 saturated heterocycles. The predicted octanol–water partition coefficient (Wildman–Crippen LogP) is 7.60. The van der Waals surface area contributed by atoms with Crippen LogP contribution in [0.15, 0.2) is 60.2 Å². The summed E-state index contributed by atoms with van der Waals surface area (Å²) in [6, 6.07) is 16.3. The van der Waals surface area contributed by atoms with Gasteiger partial charge in [0.25, 0.3) is 0 Å². The van der Waals surface area contributed by atoms with E-state index in [1.807, 2.05) is 24.3 Å². The molecule has 1 heterocycles. The summed E-state index contributed by atoms with van der Waals surface area (Å²) in [6.07, 6.45) is 7.23. The molecule has 1 fully saturated rings. The van der Waals surface area contributed by atoms with Crippen LogP contribution in [0.5, 0.6) is 0 Å². The molecular weight excluding hydrogens is 484 g/mol. The summed E-state index contributed by atoms with van der Waals surface area (Å²) in [5.41, 5.74) is 5.07. The molecule has 0 amide bonds. The highest BCUT2D eigenvalue weighted by Gasteiger charge is 2.30. The summed E-state index contributed by atoms with van der Waals surface area (Å²) < 4.78 is 10.9. The molecular formula is C35H44O4. The maximum Gasteiger partial charge on any atom is 0.334 e. The van der Waals surface area contributed by atoms with E-state index in [1.54, 1.807) is 0 Å². The van der Waals surface area contributed by atoms with Crippen molar-refractivity contribution >= 4 is 11.9 Å². The van der Waals surface area contributed by atoms with Crippen LogP contribution in [0.25, 0.3) is 0 Å². The standard InChI is InChI=1S/C35H44O4/c1-25(2)21-31(22-26(3)4)19-20-32-23-33(39-35(32)37)24-38-34(36)8-6-7-28-13-15-30(16-14-28)18-17-29-11-9-27(5)10-12-29/h9-16,20,25-26,31,33H,6-8,19,21-24H2,1-5H3/b32-20+. The van der Waals surface area contributed by atoms with E-state index >= 15 is 0 Å². The van der Waals surface area contributed by atoms with Gasteiger partial charge in [0, 0.05) is 29.5 Å². The molecule has 0 spiro atoms. The minimum absolute atomic E-state index is 0.123. The highest BCUT2D eigenvalue weighted by Crippen LogP contribution is 2.27. The third kappa shape index (κ3) is 11.1. The zero-order chi connectivity index (χ0) is 28.2. The smallest absolute Gasteiger partial charge is 0.334 e. The summed E-state index contributed by atoms with van der Waals surface area (Å²) >= 11 is 0. The molecule has 2 aromatic carbocycles. The van der Waals surface area contributed by atoms with Crippen LogP contribution in [0.2, 0.25) is 0 Å². The molecule has 1 aliphatic rings. The Labute approximate surface area is 235 Å². The van der Waals surface area contributed by atoms with Crippen molar-refractivity contribution in [2.45, 2.75) is 85.7 Å². The molecule has 3 rings (SSSR count). The number of rotatable bonds is 12. The molecule has 0 aliphatic carbocycles.